The lowest BCUT2D eigenvalue weighted by atomic mass is 10.1. The van der Waals surface area contributed by atoms with Crippen molar-refractivity contribution >= 4 is 0 Å². The monoisotopic (exact) mass is 200 g/mol. The molecule has 0 aromatic heterocycles. The van der Waals surface area contributed by atoms with Crippen molar-refractivity contribution in [1.82, 2.24) is 10.2 Å². The fraction of sp³-hybridized carbons (Fsp3) is 1.00. The fourth-order valence-electron chi connectivity index (χ4n) is 1.79. The molecule has 0 aliphatic carbocycles. The molecule has 1 unspecified atom stereocenters. The maximum absolute atomic E-state index is 3.52. The van der Waals surface area contributed by atoms with Gasteiger partial charge in [0.15, 0.2) is 0 Å². The minimum Gasteiger partial charge on any atom is -0.315 e. The summed E-state index contributed by atoms with van der Waals surface area (Å²) in [6.45, 7) is 10.3. The van der Waals surface area contributed by atoms with Crippen LogP contribution in [0.3, 0.4) is 0 Å². The Morgan fingerprint density at radius 1 is 1.07 bits per heavy atom. The average Bonchev–Trinajstić information content (AvgIpc) is 2.17. The van der Waals surface area contributed by atoms with Gasteiger partial charge in [0.05, 0.1) is 0 Å². The Morgan fingerprint density at radius 2 is 1.79 bits per heavy atom. The molecule has 0 aromatic rings. The molecule has 0 aliphatic heterocycles. The van der Waals surface area contributed by atoms with E-state index in [1.54, 1.807) is 0 Å². The number of hydrogen-bond acceptors (Lipinski definition) is 2. The summed E-state index contributed by atoms with van der Waals surface area (Å²) in [5, 5.41) is 3.52. The topological polar surface area (TPSA) is 15.3 Å². The first-order valence-corrected chi connectivity index (χ1v) is 6.17. The molecule has 2 heteroatoms. The van der Waals surface area contributed by atoms with Gasteiger partial charge in [-0.3, -0.25) is 0 Å². The molecule has 0 amide bonds. The molecule has 2 nitrogen and oxygen atoms in total. The molecule has 0 fully saturated rings. The zero-order valence-corrected chi connectivity index (χ0v) is 10.5. The third kappa shape index (κ3) is 6.39. The molecule has 0 saturated carbocycles. The van der Waals surface area contributed by atoms with Gasteiger partial charge >= 0.3 is 0 Å². The predicted molar refractivity (Wildman–Crippen MR) is 64.8 cm³/mol. The minimum atomic E-state index is 0.728. The second kappa shape index (κ2) is 9.47. The highest BCUT2D eigenvalue weighted by atomic mass is 15.1. The maximum Gasteiger partial charge on any atom is 0.0217 e. The van der Waals surface area contributed by atoms with Crippen LogP contribution < -0.4 is 5.32 Å². The van der Waals surface area contributed by atoms with Gasteiger partial charge in [0.1, 0.15) is 0 Å². The zero-order chi connectivity index (χ0) is 10.8. The van der Waals surface area contributed by atoms with E-state index in [1.165, 1.54) is 32.2 Å². The van der Waals surface area contributed by atoms with Gasteiger partial charge in [-0.15, -0.1) is 0 Å². The molecule has 0 aromatic carbocycles. The quantitative estimate of drug-likeness (QED) is 0.575. The van der Waals surface area contributed by atoms with E-state index in [2.05, 4.69) is 38.0 Å². The van der Waals surface area contributed by atoms with Crippen molar-refractivity contribution in [2.24, 2.45) is 0 Å². The van der Waals surface area contributed by atoms with Crippen LogP contribution >= 0.6 is 0 Å². The number of nitrogens with zero attached hydrogens (tertiary/aromatic N) is 1. The lowest BCUT2D eigenvalue weighted by Crippen LogP contribution is -2.40. The Kier molecular flexibility index (Phi) is 9.42. The van der Waals surface area contributed by atoms with Crippen LogP contribution in [0.2, 0.25) is 0 Å². The van der Waals surface area contributed by atoms with E-state index in [0.29, 0.717) is 0 Å². The van der Waals surface area contributed by atoms with Crippen LogP contribution in [0.25, 0.3) is 0 Å². The molecular weight excluding hydrogens is 172 g/mol. The van der Waals surface area contributed by atoms with Gasteiger partial charge in [0.2, 0.25) is 0 Å². The predicted octanol–water partition coefficient (Wildman–Crippen LogP) is 2.50. The number of hydrogen-bond donors (Lipinski definition) is 1. The summed E-state index contributed by atoms with van der Waals surface area (Å²) < 4.78 is 0. The van der Waals surface area contributed by atoms with Gasteiger partial charge in [-0.1, -0.05) is 27.2 Å². The van der Waals surface area contributed by atoms with Gasteiger partial charge in [-0.05, 0) is 39.4 Å². The third-order valence-corrected chi connectivity index (χ3v) is 2.63. The molecule has 1 N–H and O–H groups in total. The van der Waals surface area contributed by atoms with Gasteiger partial charge in [-0.2, -0.15) is 0 Å². The van der Waals surface area contributed by atoms with Crippen LogP contribution in [-0.4, -0.2) is 37.6 Å². The summed E-state index contributed by atoms with van der Waals surface area (Å²) in [4.78, 5) is 2.49. The molecule has 0 radical (unpaired) electrons. The van der Waals surface area contributed by atoms with Crippen molar-refractivity contribution < 1.29 is 0 Å². The maximum atomic E-state index is 3.52. The minimum absolute atomic E-state index is 0.728. The first kappa shape index (κ1) is 13.9. The van der Waals surface area contributed by atoms with E-state index in [-0.39, 0.29) is 0 Å². The van der Waals surface area contributed by atoms with E-state index in [0.717, 1.165) is 19.1 Å². The summed E-state index contributed by atoms with van der Waals surface area (Å²) in [7, 11) is 2.25. The van der Waals surface area contributed by atoms with E-state index < -0.39 is 0 Å². The fourth-order valence-corrected chi connectivity index (χ4v) is 1.79. The Labute approximate surface area is 90.1 Å². The molecule has 0 rings (SSSR count). The standard InChI is InChI=1S/C12H28N2/c1-5-8-12(11-13-9-6-2)14(4)10-7-3/h12-13H,5-11H2,1-4H3. The summed E-state index contributed by atoms with van der Waals surface area (Å²) in [5.74, 6) is 0. The van der Waals surface area contributed by atoms with Crippen molar-refractivity contribution in [1.29, 1.82) is 0 Å². The average molecular weight is 200 g/mol. The number of rotatable bonds is 9. The lowest BCUT2D eigenvalue weighted by Gasteiger charge is -2.27. The van der Waals surface area contributed by atoms with Crippen LogP contribution in [0.4, 0.5) is 0 Å². The van der Waals surface area contributed by atoms with Crippen LogP contribution in [0.5, 0.6) is 0 Å². The van der Waals surface area contributed by atoms with E-state index in [4.69, 9.17) is 0 Å². The highest BCUT2D eigenvalue weighted by Crippen LogP contribution is 2.04. The van der Waals surface area contributed by atoms with Crippen LogP contribution in [0, 0.1) is 0 Å². The van der Waals surface area contributed by atoms with Gasteiger partial charge < -0.3 is 10.2 Å². The van der Waals surface area contributed by atoms with Crippen molar-refractivity contribution in [3.63, 3.8) is 0 Å². The zero-order valence-electron chi connectivity index (χ0n) is 10.5. The van der Waals surface area contributed by atoms with Crippen molar-refractivity contribution in [3.8, 4) is 0 Å². The second-order valence-corrected chi connectivity index (χ2v) is 4.13. The molecule has 14 heavy (non-hydrogen) atoms. The first-order valence-electron chi connectivity index (χ1n) is 6.17. The highest BCUT2D eigenvalue weighted by molar-refractivity contribution is 4.70. The largest absolute Gasteiger partial charge is 0.315 e. The molecule has 0 heterocycles. The molecule has 0 spiro atoms. The summed E-state index contributed by atoms with van der Waals surface area (Å²) in [5.41, 5.74) is 0. The van der Waals surface area contributed by atoms with Crippen molar-refractivity contribution in [2.75, 3.05) is 26.7 Å². The van der Waals surface area contributed by atoms with E-state index >= 15 is 0 Å². The van der Waals surface area contributed by atoms with Crippen molar-refractivity contribution in [2.45, 2.75) is 52.5 Å². The van der Waals surface area contributed by atoms with Crippen LogP contribution in [0.15, 0.2) is 0 Å². The molecule has 0 saturated heterocycles. The molecule has 86 valence electrons. The third-order valence-electron chi connectivity index (χ3n) is 2.63. The van der Waals surface area contributed by atoms with Crippen molar-refractivity contribution in [3.05, 3.63) is 0 Å². The number of likely N-dealkylation sites (N-methyl/N-ethyl adjacent to an activating group) is 1. The normalized spacial score (nSPS) is 13.5. The summed E-state index contributed by atoms with van der Waals surface area (Å²) in [6, 6.07) is 0.728. The Morgan fingerprint density at radius 3 is 2.29 bits per heavy atom. The molecule has 1 atom stereocenters. The van der Waals surface area contributed by atoms with E-state index in [9.17, 15) is 0 Å². The van der Waals surface area contributed by atoms with Gasteiger partial charge in [0.25, 0.3) is 0 Å². The van der Waals surface area contributed by atoms with E-state index in [1.807, 2.05) is 0 Å². The van der Waals surface area contributed by atoms with Gasteiger partial charge in [-0.25, -0.2) is 0 Å². The first-order chi connectivity index (χ1) is 6.76. The molecule has 0 aliphatic rings. The van der Waals surface area contributed by atoms with Crippen LogP contribution in [0.1, 0.15) is 46.5 Å². The molecular formula is C12H28N2. The lowest BCUT2D eigenvalue weighted by molar-refractivity contribution is 0.223. The SMILES string of the molecule is CCCNCC(CCC)N(C)CCC. The molecule has 0 bridgehead atoms. The Hall–Kier alpha value is -0.0800. The second-order valence-electron chi connectivity index (χ2n) is 4.13. The Balaban J connectivity index is 3.74. The summed E-state index contributed by atoms with van der Waals surface area (Å²) >= 11 is 0. The van der Waals surface area contributed by atoms with Gasteiger partial charge in [0, 0.05) is 12.6 Å². The number of nitrogens with one attached hydrogen (secondary N) is 1. The smallest absolute Gasteiger partial charge is 0.0217 e. The Bertz CT molecular complexity index is 115. The van der Waals surface area contributed by atoms with Crippen LogP contribution in [-0.2, 0) is 0 Å². The highest BCUT2D eigenvalue weighted by Gasteiger charge is 2.11. The summed E-state index contributed by atoms with van der Waals surface area (Å²) in [6.07, 6.45) is 5.08.